The Morgan fingerprint density at radius 2 is 0.556 bits per heavy atom. The first kappa shape index (κ1) is 45.1. The quantitative estimate of drug-likeness (QED) is 0.0366. The smallest absolute Gasteiger partial charge is 0.184 e. The van der Waals surface area contributed by atoms with Crippen LogP contribution < -0.4 is 0 Å². The maximum absolute atomic E-state index is 6.31. The van der Waals surface area contributed by atoms with Gasteiger partial charge in [-0.3, -0.25) is 0 Å². The molecule has 45 heavy (non-hydrogen) atoms. The molecule has 0 aliphatic rings. The van der Waals surface area contributed by atoms with E-state index in [0.29, 0.717) is 0 Å². The molecule has 0 aromatic carbocycles. The molecule has 0 saturated heterocycles. The summed E-state index contributed by atoms with van der Waals surface area (Å²) >= 11 is 0. The molecule has 0 aliphatic heterocycles. The minimum Gasteiger partial charge on any atom is -0.412 e. The largest absolute Gasteiger partial charge is 0.412 e. The highest BCUT2D eigenvalue weighted by atomic mass is 28.4. The molecule has 0 fully saturated rings. The summed E-state index contributed by atoms with van der Waals surface area (Å²) in [5, 5.41) is 0. The molecule has 0 amide bonds. The predicted molar refractivity (Wildman–Crippen MR) is 209 cm³/mol. The van der Waals surface area contributed by atoms with Crippen molar-refractivity contribution in [3.63, 3.8) is 0 Å². The molecule has 0 aromatic rings. The molecule has 3 heteroatoms. The second kappa shape index (κ2) is 34.0. The van der Waals surface area contributed by atoms with Crippen LogP contribution in [-0.2, 0) is 4.43 Å². The van der Waals surface area contributed by atoms with Gasteiger partial charge in [0.15, 0.2) is 8.32 Å². The Labute approximate surface area is 288 Å². The molecule has 0 spiro atoms. The van der Waals surface area contributed by atoms with Gasteiger partial charge in [-0.25, -0.2) is 0 Å². The van der Waals surface area contributed by atoms with Crippen LogP contribution in [0.4, 0.5) is 0 Å². The van der Waals surface area contributed by atoms with Gasteiger partial charge in [0, 0.05) is 0 Å². The predicted octanol–water partition coefficient (Wildman–Crippen LogP) is 14.8. The summed E-state index contributed by atoms with van der Waals surface area (Å²) < 4.78 is 7.55. The van der Waals surface area contributed by atoms with E-state index in [-0.39, 0.29) is 0 Å². The molecule has 0 aromatic heterocycles. The number of rotatable bonds is 38. The van der Waals surface area contributed by atoms with E-state index >= 15 is 0 Å². The highest BCUT2D eigenvalue weighted by Crippen LogP contribution is 2.17. The standard InChI is InChI=1S/C42H90NOSi/c1-7-9-11-13-15-17-19-21-23-25-27-29-31-33-35-37-39-43(3,41-42-44-45(4,5)6)40-38-36-34-32-30-28-26-24-22-20-18-16-14-12-10-8-2/h7-42H2,1-6H3/q+1. The van der Waals surface area contributed by atoms with Gasteiger partial charge in [0.2, 0.25) is 0 Å². The zero-order valence-electron chi connectivity index (χ0n) is 32.8. The Balaban J connectivity index is 3.84. The van der Waals surface area contributed by atoms with Gasteiger partial charge < -0.3 is 8.91 Å². The van der Waals surface area contributed by atoms with Crippen LogP contribution in [0.5, 0.6) is 0 Å². The molecule has 0 unspecified atom stereocenters. The number of likely N-dealkylation sites (N-methyl/N-ethyl adjacent to an activating group) is 1. The second-order valence-corrected chi connectivity index (χ2v) is 20.9. The van der Waals surface area contributed by atoms with Crippen LogP contribution in [0.3, 0.4) is 0 Å². The third kappa shape index (κ3) is 36.8. The lowest BCUT2D eigenvalue weighted by Crippen LogP contribution is -2.48. The third-order valence-corrected chi connectivity index (χ3v) is 11.3. The van der Waals surface area contributed by atoms with Crippen LogP contribution in [0.2, 0.25) is 19.6 Å². The monoisotopic (exact) mass is 653 g/mol. The van der Waals surface area contributed by atoms with Gasteiger partial charge in [0.25, 0.3) is 0 Å². The van der Waals surface area contributed by atoms with E-state index in [1.807, 2.05) is 0 Å². The summed E-state index contributed by atoms with van der Waals surface area (Å²) in [4.78, 5) is 0. The lowest BCUT2D eigenvalue weighted by atomic mass is 10.0. The Bertz CT molecular complexity index is 523. The molecular formula is C42H90NOSi+. The lowest BCUT2D eigenvalue weighted by Gasteiger charge is -2.35. The van der Waals surface area contributed by atoms with Gasteiger partial charge in [-0.15, -0.1) is 0 Å². The molecule has 0 bridgehead atoms. The summed E-state index contributed by atoms with van der Waals surface area (Å²) in [6, 6.07) is 0. The van der Waals surface area contributed by atoms with Gasteiger partial charge in [-0.2, -0.15) is 0 Å². The summed E-state index contributed by atoms with van der Waals surface area (Å²) in [5.74, 6) is 0. The molecule has 0 rings (SSSR count). The average Bonchev–Trinajstić information content (AvgIpc) is 3.00. The van der Waals surface area contributed by atoms with E-state index in [4.69, 9.17) is 4.43 Å². The van der Waals surface area contributed by atoms with Crippen LogP contribution in [0.1, 0.15) is 219 Å². The third-order valence-electron chi connectivity index (χ3n) is 10.3. The topological polar surface area (TPSA) is 9.23 Å². The van der Waals surface area contributed by atoms with E-state index in [1.54, 1.807) is 0 Å². The number of hydrogen-bond acceptors (Lipinski definition) is 1. The highest BCUT2D eigenvalue weighted by Gasteiger charge is 2.23. The van der Waals surface area contributed by atoms with Crippen LogP contribution in [0, 0.1) is 0 Å². The van der Waals surface area contributed by atoms with Crippen molar-refractivity contribution in [3.8, 4) is 0 Å². The van der Waals surface area contributed by atoms with Crippen molar-refractivity contribution >= 4 is 8.32 Å². The molecule has 0 radical (unpaired) electrons. The van der Waals surface area contributed by atoms with E-state index in [1.165, 1.54) is 230 Å². The summed E-state index contributed by atoms with van der Waals surface area (Å²) in [6.45, 7) is 16.5. The van der Waals surface area contributed by atoms with Crippen molar-refractivity contribution in [1.29, 1.82) is 0 Å². The maximum atomic E-state index is 6.31. The fraction of sp³-hybridized carbons (Fsp3) is 1.00. The van der Waals surface area contributed by atoms with Gasteiger partial charge in [0.1, 0.15) is 6.54 Å². The van der Waals surface area contributed by atoms with Gasteiger partial charge >= 0.3 is 0 Å². The normalized spacial score (nSPS) is 12.4. The molecule has 0 atom stereocenters. The van der Waals surface area contributed by atoms with E-state index < -0.39 is 8.32 Å². The van der Waals surface area contributed by atoms with Gasteiger partial charge in [-0.1, -0.05) is 194 Å². The Morgan fingerprint density at radius 1 is 0.333 bits per heavy atom. The number of nitrogens with zero attached hydrogens (tertiary/aromatic N) is 1. The van der Waals surface area contributed by atoms with Crippen LogP contribution in [0.15, 0.2) is 0 Å². The number of unbranched alkanes of at least 4 members (excludes halogenated alkanes) is 30. The Hall–Kier alpha value is 0.137. The molecule has 2 nitrogen and oxygen atoms in total. The number of hydrogen-bond donors (Lipinski definition) is 0. The summed E-state index contributed by atoms with van der Waals surface area (Å²) in [6.07, 6.45) is 46.5. The molecule has 0 heterocycles. The van der Waals surface area contributed by atoms with Gasteiger partial charge in [-0.05, 0) is 45.3 Å². The first-order chi connectivity index (χ1) is 21.8. The first-order valence-corrected chi connectivity index (χ1v) is 24.7. The fourth-order valence-electron chi connectivity index (χ4n) is 6.99. The molecule has 0 aliphatic carbocycles. The highest BCUT2D eigenvalue weighted by molar-refractivity contribution is 6.69. The Morgan fingerprint density at radius 3 is 0.778 bits per heavy atom. The minimum atomic E-state index is -1.42. The fourth-order valence-corrected chi connectivity index (χ4v) is 7.69. The molecule has 0 N–H and O–H groups in total. The second-order valence-electron chi connectivity index (χ2n) is 16.4. The Kier molecular flexibility index (Phi) is 34.1. The van der Waals surface area contributed by atoms with E-state index in [2.05, 4.69) is 40.5 Å². The summed E-state index contributed by atoms with van der Waals surface area (Å²) in [5.41, 5.74) is 0. The van der Waals surface area contributed by atoms with Crippen LogP contribution >= 0.6 is 0 Å². The van der Waals surface area contributed by atoms with E-state index in [0.717, 1.165) is 6.61 Å². The SMILES string of the molecule is CCCCCCCCCCCCCCCCCC[N+](C)(CCCCCCCCCCCCCCCCCC)CCO[Si](C)(C)C. The molecule has 272 valence electrons. The zero-order chi connectivity index (χ0) is 33.2. The first-order valence-electron chi connectivity index (χ1n) is 21.3. The van der Waals surface area contributed by atoms with E-state index in [9.17, 15) is 0 Å². The van der Waals surface area contributed by atoms with Crippen LogP contribution in [0.25, 0.3) is 0 Å². The number of quaternary nitrogens is 1. The van der Waals surface area contributed by atoms with Crippen LogP contribution in [-0.4, -0.2) is 46.1 Å². The zero-order valence-corrected chi connectivity index (χ0v) is 33.8. The minimum absolute atomic E-state index is 0.962. The van der Waals surface area contributed by atoms with Crippen molar-refractivity contribution in [1.82, 2.24) is 0 Å². The summed E-state index contributed by atoms with van der Waals surface area (Å²) in [7, 11) is 1.11. The van der Waals surface area contributed by atoms with Crippen molar-refractivity contribution in [2.75, 3.05) is 33.3 Å². The van der Waals surface area contributed by atoms with Gasteiger partial charge in [0.05, 0.1) is 26.7 Å². The average molecular weight is 653 g/mol. The lowest BCUT2D eigenvalue weighted by molar-refractivity contribution is -0.910. The molecule has 0 saturated carbocycles. The maximum Gasteiger partial charge on any atom is 0.184 e. The van der Waals surface area contributed by atoms with Crippen molar-refractivity contribution in [2.45, 2.75) is 239 Å². The van der Waals surface area contributed by atoms with Crippen molar-refractivity contribution in [3.05, 3.63) is 0 Å². The van der Waals surface area contributed by atoms with Crippen molar-refractivity contribution < 1.29 is 8.91 Å². The molecular weight excluding hydrogens is 563 g/mol. The van der Waals surface area contributed by atoms with Crippen molar-refractivity contribution in [2.24, 2.45) is 0 Å².